The second-order valence-electron chi connectivity index (χ2n) is 4.71. The zero-order chi connectivity index (χ0) is 15.2. The SMILES string of the molecule is COc1ccc(C)cc1C(CSc1ccccc1Cl)NN. The van der Waals surface area contributed by atoms with E-state index in [1.807, 2.05) is 36.4 Å². The molecule has 0 saturated heterocycles. The summed E-state index contributed by atoms with van der Waals surface area (Å²) in [6.45, 7) is 2.05. The fraction of sp³-hybridized carbons (Fsp3) is 0.250. The fourth-order valence-corrected chi connectivity index (χ4v) is 3.39. The Morgan fingerprint density at radius 3 is 2.71 bits per heavy atom. The van der Waals surface area contributed by atoms with E-state index in [-0.39, 0.29) is 6.04 Å². The van der Waals surface area contributed by atoms with E-state index >= 15 is 0 Å². The lowest BCUT2D eigenvalue weighted by atomic mass is 10.0. The molecule has 21 heavy (non-hydrogen) atoms. The van der Waals surface area contributed by atoms with Gasteiger partial charge in [0.05, 0.1) is 18.2 Å². The van der Waals surface area contributed by atoms with E-state index in [1.165, 1.54) is 5.56 Å². The van der Waals surface area contributed by atoms with Crippen LogP contribution in [0, 0.1) is 6.92 Å². The number of aryl methyl sites for hydroxylation is 1. The minimum atomic E-state index is -0.0128. The van der Waals surface area contributed by atoms with Crippen molar-refractivity contribution in [3.05, 3.63) is 58.6 Å². The standard InChI is InChI=1S/C16H19ClN2OS/c1-11-7-8-15(20-2)12(9-11)14(19-18)10-21-16-6-4-3-5-13(16)17/h3-9,14,19H,10,18H2,1-2H3. The molecule has 3 N–H and O–H groups in total. The molecule has 0 radical (unpaired) electrons. The number of benzene rings is 2. The van der Waals surface area contributed by atoms with Crippen LogP contribution in [0.2, 0.25) is 5.02 Å². The summed E-state index contributed by atoms with van der Waals surface area (Å²) in [4.78, 5) is 1.05. The van der Waals surface area contributed by atoms with Crippen molar-refractivity contribution in [3.8, 4) is 5.75 Å². The number of hydrogen-bond acceptors (Lipinski definition) is 4. The summed E-state index contributed by atoms with van der Waals surface area (Å²) in [5.41, 5.74) is 5.10. The summed E-state index contributed by atoms with van der Waals surface area (Å²) in [7, 11) is 1.67. The van der Waals surface area contributed by atoms with Crippen LogP contribution in [0.5, 0.6) is 5.75 Å². The van der Waals surface area contributed by atoms with Gasteiger partial charge < -0.3 is 4.74 Å². The molecule has 0 aliphatic rings. The lowest BCUT2D eigenvalue weighted by Gasteiger charge is -2.19. The van der Waals surface area contributed by atoms with Gasteiger partial charge in [-0.05, 0) is 25.1 Å². The van der Waals surface area contributed by atoms with E-state index < -0.39 is 0 Å². The van der Waals surface area contributed by atoms with Gasteiger partial charge in [0.25, 0.3) is 0 Å². The molecule has 0 aliphatic carbocycles. The first-order valence-electron chi connectivity index (χ1n) is 6.63. The first-order valence-corrected chi connectivity index (χ1v) is 8.00. The Morgan fingerprint density at radius 1 is 1.29 bits per heavy atom. The Morgan fingerprint density at radius 2 is 2.05 bits per heavy atom. The number of ether oxygens (including phenoxy) is 1. The number of hydrazine groups is 1. The van der Waals surface area contributed by atoms with Crippen molar-refractivity contribution in [1.29, 1.82) is 0 Å². The average molecular weight is 323 g/mol. The van der Waals surface area contributed by atoms with Gasteiger partial charge in [-0.3, -0.25) is 11.3 Å². The van der Waals surface area contributed by atoms with E-state index in [0.29, 0.717) is 0 Å². The Bertz CT molecular complexity index is 607. The number of methoxy groups -OCH3 is 1. The minimum absolute atomic E-state index is 0.0128. The van der Waals surface area contributed by atoms with Crippen LogP contribution in [0.4, 0.5) is 0 Å². The zero-order valence-electron chi connectivity index (χ0n) is 12.1. The maximum Gasteiger partial charge on any atom is 0.123 e. The summed E-state index contributed by atoms with van der Waals surface area (Å²) in [5.74, 6) is 7.33. The first-order chi connectivity index (χ1) is 10.2. The Labute approximate surface area is 134 Å². The predicted octanol–water partition coefficient (Wildman–Crippen LogP) is 3.95. The third-order valence-corrected chi connectivity index (χ3v) is 4.81. The maximum atomic E-state index is 6.18. The quantitative estimate of drug-likeness (QED) is 0.480. The molecule has 0 aromatic heterocycles. The molecule has 2 aromatic carbocycles. The van der Waals surface area contributed by atoms with Crippen molar-refractivity contribution in [2.45, 2.75) is 17.9 Å². The van der Waals surface area contributed by atoms with Gasteiger partial charge in [0, 0.05) is 16.2 Å². The van der Waals surface area contributed by atoms with Crippen molar-refractivity contribution in [2.24, 2.45) is 5.84 Å². The average Bonchev–Trinajstić information content (AvgIpc) is 2.50. The predicted molar refractivity (Wildman–Crippen MR) is 90.0 cm³/mol. The third kappa shape index (κ3) is 4.14. The van der Waals surface area contributed by atoms with Crippen molar-refractivity contribution < 1.29 is 4.74 Å². The van der Waals surface area contributed by atoms with Crippen LogP contribution in [0.15, 0.2) is 47.4 Å². The van der Waals surface area contributed by atoms with Gasteiger partial charge in [-0.1, -0.05) is 41.4 Å². The van der Waals surface area contributed by atoms with Gasteiger partial charge in [-0.2, -0.15) is 0 Å². The zero-order valence-corrected chi connectivity index (χ0v) is 13.7. The number of rotatable bonds is 6. The molecular formula is C16H19ClN2OS. The normalized spacial score (nSPS) is 12.2. The van der Waals surface area contributed by atoms with Gasteiger partial charge in [0.2, 0.25) is 0 Å². The van der Waals surface area contributed by atoms with Crippen LogP contribution >= 0.6 is 23.4 Å². The van der Waals surface area contributed by atoms with Gasteiger partial charge in [0.1, 0.15) is 5.75 Å². The smallest absolute Gasteiger partial charge is 0.123 e. The first kappa shape index (κ1) is 16.2. The largest absolute Gasteiger partial charge is 0.496 e. The topological polar surface area (TPSA) is 47.3 Å². The van der Waals surface area contributed by atoms with E-state index in [9.17, 15) is 0 Å². The highest BCUT2D eigenvalue weighted by atomic mass is 35.5. The Hall–Kier alpha value is -1.20. The van der Waals surface area contributed by atoms with Gasteiger partial charge in [-0.25, -0.2) is 0 Å². The molecule has 3 nitrogen and oxygen atoms in total. The second kappa shape index (κ2) is 7.71. The molecule has 1 atom stereocenters. The van der Waals surface area contributed by atoms with Crippen molar-refractivity contribution in [2.75, 3.05) is 12.9 Å². The highest BCUT2D eigenvalue weighted by Gasteiger charge is 2.16. The molecule has 0 spiro atoms. The Kier molecular flexibility index (Phi) is 5.94. The maximum absolute atomic E-state index is 6.18. The summed E-state index contributed by atoms with van der Waals surface area (Å²) in [5, 5.41) is 0.759. The molecule has 112 valence electrons. The molecule has 0 aliphatic heterocycles. The fourth-order valence-electron chi connectivity index (χ4n) is 2.09. The van der Waals surface area contributed by atoms with E-state index in [1.54, 1.807) is 18.9 Å². The van der Waals surface area contributed by atoms with Crippen LogP contribution in [0.25, 0.3) is 0 Å². The van der Waals surface area contributed by atoms with Gasteiger partial charge in [-0.15, -0.1) is 11.8 Å². The number of nitrogens with two attached hydrogens (primary N) is 1. The monoisotopic (exact) mass is 322 g/mol. The van der Waals surface area contributed by atoms with Gasteiger partial charge in [0.15, 0.2) is 0 Å². The molecule has 0 fully saturated rings. The Balaban J connectivity index is 2.17. The lowest BCUT2D eigenvalue weighted by Crippen LogP contribution is -2.30. The second-order valence-corrected chi connectivity index (χ2v) is 6.18. The summed E-state index contributed by atoms with van der Waals surface area (Å²) < 4.78 is 5.43. The van der Waals surface area contributed by atoms with Crippen LogP contribution in [-0.4, -0.2) is 12.9 Å². The van der Waals surface area contributed by atoms with Crippen LogP contribution in [0.3, 0.4) is 0 Å². The molecule has 0 amide bonds. The number of thioether (sulfide) groups is 1. The molecule has 2 aromatic rings. The van der Waals surface area contributed by atoms with Crippen LogP contribution < -0.4 is 16.0 Å². The highest BCUT2D eigenvalue weighted by Crippen LogP contribution is 2.33. The van der Waals surface area contributed by atoms with Crippen molar-refractivity contribution >= 4 is 23.4 Å². The molecule has 0 bridgehead atoms. The van der Waals surface area contributed by atoms with Crippen molar-refractivity contribution in [3.63, 3.8) is 0 Å². The summed E-state index contributed by atoms with van der Waals surface area (Å²) in [6.07, 6.45) is 0. The highest BCUT2D eigenvalue weighted by molar-refractivity contribution is 7.99. The molecular weight excluding hydrogens is 304 g/mol. The van der Waals surface area contributed by atoms with Crippen LogP contribution in [-0.2, 0) is 0 Å². The van der Waals surface area contributed by atoms with E-state index in [2.05, 4.69) is 18.4 Å². The molecule has 2 rings (SSSR count). The molecule has 0 saturated carbocycles. The molecule has 0 heterocycles. The van der Waals surface area contributed by atoms with E-state index in [0.717, 1.165) is 27.0 Å². The number of nitrogens with one attached hydrogen (secondary N) is 1. The number of halogens is 1. The van der Waals surface area contributed by atoms with E-state index in [4.69, 9.17) is 22.2 Å². The summed E-state index contributed by atoms with van der Waals surface area (Å²) >= 11 is 7.85. The lowest BCUT2D eigenvalue weighted by molar-refractivity contribution is 0.402. The third-order valence-electron chi connectivity index (χ3n) is 3.20. The van der Waals surface area contributed by atoms with Crippen LogP contribution in [0.1, 0.15) is 17.2 Å². The number of hydrogen-bond donors (Lipinski definition) is 2. The van der Waals surface area contributed by atoms with Gasteiger partial charge >= 0.3 is 0 Å². The minimum Gasteiger partial charge on any atom is -0.496 e. The molecule has 1 unspecified atom stereocenters. The van der Waals surface area contributed by atoms with Crippen molar-refractivity contribution in [1.82, 2.24) is 5.43 Å². The molecule has 5 heteroatoms. The summed E-state index contributed by atoms with van der Waals surface area (Å²) in [6, 6.07) is 13.9.